The zero-order chi connectivity index (χ0) is 11.0. The van der Waals surface area contributed by atoms with Gasteiger partial charge in [0.2, 0.25) is 12.1 Å². The van der Waals surface area contributed by atoms with E-state index >= 15 is 0 Å². The van der Waals surface area contributed by atoms with Crippen molar-refractivity contribution in [1.82, 2.24) is 5.32 Å². The first-order valence-corrected chi connectivity index (χ1v) is 4.28. The van der Waals surface area contributed by atoms with Gasteiger partial charge in [-0.25, -0.2) is 4.79 Å². The van der Waals surface area contributed by atoms with Gasteiger partial charge in [-0.05, 0) is 12.5 Å². The van der Waals surface area contributed by atoms with Crippen molar-refractivity contribution in [2.45, 2.75) is 19.6 Å². The molecule has 1 unspecified atom stereocenters. The van der Waals surface area contributed by atoms with Gasteiger partial charge in [0.05, 0.1) is 7.11 Å². The van der Waals surface area contributed by atoms with E-state index in [1.165, 1.54) is 7.11 Å². The number of rotatable bonds is 6. The lowest BCUT2D eigenvalue weighted by Crippen LogP contribution is -2.42. The lowest BCUT2D eigenvalue weighted by Gasteiger charge is -2.15. The molecule has 0 aliphatic carbocycles. The Morgan fingerprint density at radius 1 is 1.57 bits per heavy atom. The average Bonchev–Trinajstić information content (AvgIpc) is 2.22. The minimum absolute atomic E-state index is 0.372. The zero-order valence-electron chi connectivity index (χ0n) is 8.41. The van der Waals surface area contributed by atoms with Crippen LogP contribution in [-0.2, 0) is 19.1 Å². The summed E-state index contributed by atoms with van der Waals surface area (Å²) in [5, 5.41) is 2.30. The first-order valence-electron chi connectivity index (χ1n) is 4.28. The maximum absolute atomic E-state index is 11.1. The number of carbonyl (C=O) groups excluding carboxylic acids is 2. The van der Waals surface area contributed by atoms with Crippen LogP contribution in [0.2, 0.25) is 0 Å². The van der Waals surface area contributed by atoms with Crippen LogP contribution in [0.1, 0.15) is 13.3 Å². The van der Waals surface area contributed by atoms with Gasteiger partial charge in [-0.2, -0.15) is 0 Å². The minimum atomic E-state index is -1.05. The summed E-state index contributed by atoms with van der Waals surface area (Å²) >= 11 is 0. The Labute approximate surface area is 83.1 Å². The van der Waals surface area contributed by atoms with Gasteiger partial charge in [0.25, 0.3) is 0 Å². The van der Waals surface area contributed by atoms with Gasteiger partial charge in [-0.1, -0.05) is 13.5 Å². The van der Waals surface area contributed by atoms with Crippen LogP contribution in [-0.4, -0.2) is 31.8 Å². The van der Waals surface area contributed by atoms with Crippen molar-refractivity contribution in [2.24, 2.45) is 0 Å². The van der Waals surface area contributed by atoms with E-state index in [-0.39, 0.29) is 0 Å². The molecule has 0 aromatic heterocycles. The van der Waals surface area contributed by atoms with E-state index in [0.717, 1.165) is 12.5 Å². The first-order chi connectivity index (χ1) is 6.65. The lowest BCUT2D eigenvalue weighted by atomic mass is 10.4. The highest BCUT2D eigenvalue weighted by Crippen LogP contribution is 1.93. The van der Waals surface area contributed by atoms with Gasteiger partial charge in [-0.15, -0.1) is 0 Å². The van der Waals surface area contributed by atoms with Crippen molar-refractivity contribution in [3.8, 4) is 0 Å². The maximum Gasteiger partial charge on any atom is 0.356 e. The van der Waals surface area contributed by atoms with E-state index in [0.29, 0.717) is 6.61 Å². The Bertz CT molecular complexity index is 215. The molecule has 1 N–H and O–H groups in total. The summed E-state index contributed by atoms with van der Waals surface area (Å²) in [6, 6.07) is 0. The summed E-state index contributed by atoms with van der Waals surface area (Å²) in [6.07, 6.45) is 0.758. The van der Waals surface area contributed by atoms with Gasteiger partial charge < -0.3 is 14.8 Å². The Balaban J connectivity index is 4.16. The number of hydrogen-bond donors (Lipinski definition) is 1. The molecule has 0 radical (unpaired) electrons. The topological polar surface area (TPSA) is 64.6 Å². The molecule has 0 aliphatic rings. The Hall–Kier alpha value is -1.36. The second kappa shape index (κ2) is 7.08. The van der Waals surface area contributed by atoms with Crippen molar-refractivity contribution in [3.63, 3.8) is 0 Å². The molecule has 0 spiro atoms. The average molecular weight is 201 g/mol. The Morgan fingerprint density at radius 2 is 2.21 bits per heavy atom. The molecule has 0 rings (SSSR count). The van der Waals surface area contributed by atoms with Gasteiger partial charge in [0.1, 0.15) is 0 Å². The molecule has 1 atom stereocenters. The summed E-state index contributed by atoms with van der Waals surface area (Å²) in [5.41, 5.74) is 0. The molecule has 0 fully saturated rings. The number of ether oxygens (including phenoxy) is 2. The maximum atomic E-state index is 11.1. The SMILES string of the molecule is C=CC(=O)NC(OCCC)C(=O)OC. The van der Waals surface area contributed by atoms with Crippen molar-refractivity contribution in [2.75, 3.05) is 13.7 Å². The van der Waals surface area contributed by atoms with Crippen LogP contribution in [0, 0.1) is 0 Å². The minimum Gasteiger partial charge on any atom is -0.466 e. The number of methoxy groups -OCH3 is 1. The third kappa shape index (κ3) is 4.61. The summed E-state index contributed by atoms with van der Waals surface area (Å²) in [5.74, 6) is -1.11. The standard InChI is InChI=1S/C9H15NO4/c1-4-6-14-8(9(12)13-3)10-7(11)5-2/h5,8H,2,4,6H2,1,3H3,(H,10,11). The summed E-state index contributed by atoms with van der Waals surface area (Å²) in [4.78, 5) is 22.0. The molecule has 0 bridgehead atoms. The summed E-state index contributed by atoms with van der Waals surface area (Å²) in [7, 11) is 1.23. The van der Waals surface area contributed by atoms with Gasteiger partial charge in [-0.3, -0.25) is 4.79 Å². The molecule has 5 heteroatoms. The number of carbonyl (C=O) groups is 2. The van der Waals surface area contributed by atoms with Gasteiger partial charge in [0.15, 0.2) is 0 Å². The van der Waals surface area contributed by atoms with Crippen LogP contribution in [0.4, 0.5) is 0 Å². The second-order valence-electron chi connectivity index (χ2n) is 2.49. The molecule has 0 saturated carbocycles. The second-order valence-corrected chi connectivity index (χ2v) is 2.49. The van der Waals surface area contributed by atoms with Crippen LogP contribution < -0.4 is 5.32 Å². The van der Waals surface area contributed by atoms with Crippen molar-refractivity contribution >= 4 is 11.9 Å². The van der Waals surface area contributed by atoms with Crippen molar-refractivity contribution in [1.29, 1.82) is 0 Å². The van der Waals surface area contributed by atoms with E-state index in [4.69, 9.17) is 4.74 Å². The van der Waals surface area contributed by atoms with Crippen LogP contribution in [0.15, 0.2) is 12.7 Å². The van der Waals surface area contributed by atoms with Gasteiger partial charge >= 0.3 is 5.97 Å². The number of amides is 1. The molecule has 0 heterocycles. The normalized spacial score (nSPS) is 11.6. The van der Waals surface area contributed by atoms with Crippen LogP contribution >= 0.6 is 0 Å². The molecule has 80 valence electrons. The lowest BCUT2D eigenvalue weighted by molar-refractivity contribution is -0.158. The number of hydrogen-bond acceptors (Lipinski definition) is 4. The largest absolute Gasteiger partial charge is 0.466 e. The molecule has 5 nitrogen and oxygen atoms in total. The predicted octanol–water partition coefficient (Wildman–Crippen LogP) is 0.214. The molecule has 14 heavy (non-hydrogen) atoms. The third-order valence-electron chi connectivity index (χ3n) is 1.36. The highest BCUT2D eigenvalue weighted by Gasteiger charge is 2.20. The first kappa shape index (κ1) is 12.6. The van der Waals surface area contributed by atoms with E-state index < -0.39 is 18.1 Å². The van der Waals surface area contributed by atoms with Crippen molar-refractivity contribution in [3.05, 3.63) is 12.7 Å². The summed E-state index contributed by atoms with van der Waals surface area (Å²) in [6.45, 7) is 5.52. The molecule has 0 aliphatic heterocycles. The zero-order valence-corrected chi connectivity index (χ0v) is 8.41. The van der Waals surface area contributed by atoms with E-state index in [9.17, 15) is 9.59 Å². The highest BCUT2D eigenvalue weighted by atomic mass is 16.6. The molecule has 0 aromatic rings. The summed E-state index contributed by atoms with van der Waals surface area (Å²) < 4.78 is 9.50. The monoisotopic (exact) mass is 201 g/mol. The number of esters is 1. The van der Waals surface area contributed by atoms with Crippen LogP contribution in [0.25, 0.3) is 0 Å². The fraction of sp³-hybridized carbons (Fsp3) is 0.556. The molecular formula is C9H15NO4. The highest BCUT2D eigenvalue weighted by molar-refractivity contribution is 5.90. The molecule has 0 aromatic carbocycles. The Kier molecular flexibility index (Phi) is 6.39. The predicted molar refractivity (Wildman–Crippen MR) is 50.4 cm³/mol. The smallest absolute Gasteiger partial charge is 0.356 e. The van der Waals surface area contributed by atoms with Crippen LogP contribution in [0.5, 0.6) is 0 Å². The quantitative estimate of drug-likeness (QED) is 0.379. The van der Waals surface area contributed by atoms with E-state index in [1.807, 2.05) is 6.92 Å². The van der Waals surface area contributed by atoms with E-state index in [2.05, 4.69) is 16.6 Å². The van der Waals surface area contributed by atoms with E-state index in [1.54, 1.807) is 0 Å². The van der Waals surface area contributed by atoms with Crippen molar-refractivity contribution < 1.29 is 19.1 Å². The fourth-order valence-electron chi connectivity index (χ4n) is 0.700. The number of nitrogens with one attached hydrogen (secondary N) is 1. The van der Waals surface area contributed by atoms with Crippen LogP contribution in [0.3, 0.4) is 0 Å². The molecule has 0 saturated heterocycles. The van der Waals surface area contributed by atoms with Gasteiger partial charge in [0, 0.05) is 6.61 Å². The molecule has 1 amide bonds. The fourth-order valence-corrected chi connectivity index (χ4v) is 0.700. The molecular weight excluding hydrogens is 186 g/mol. The Morgan fingerprint density at radius 3 is 2.64 bits per heavy atom. The third-order valence-corrected chi connectivity index (χ3v) is 1.36.